The summed E-state index contributed by atoms with van der Waals surface area (Å²) in [5.41, 5.74) is 0. The molecule has 1 aliphatic rings. The van der Waals surface area contributed by atoms with Crippen molar-refractivity contribution < 1.29 is 52.9 Å². The highest BCUT2D eigenvalue weighted by Crippen LogP contribution is 2.36. The molecule has 11 nitrogen and oxygen atoms in total. The van der Waals surface area contributed by atoms with Crippen molar-refractivity contribution in [3.63, 3.8) is 0 Å². The number of ether oxygens (including phenoxy) is 2. The van der Waals surface area contributed by atoms with E-state index in [-0.39, 0.29) is 37.6 Å². The molecule has 1 fully saturated rings. The predicted octanol–water partition coefficient (Wildman–Crippen LogP) is 10.4. The largest absolute Gasteiger partial charge is 0.469 e. The summed E-state index contributed by atoms with van der Waals surface area (Å²) in [6.45, 7) is 3.41. The zero-order chi connectivity index (χ0) is 41.3. The van der Waals surface area contributed by atoms with Gasteiger partial charge in [0, 0.05) is 25.2 Å². The molecule has 0 spiro atoms. The van der Waals surface area contributed by atoms with Gasteiger partial charge in [-0.2, -0.15) is 0 Å². The van der Waals surface area contributed by atoms with Crippen LogP contribution in [0.4, 0.5) is 0 Å². The van der Waals surface area contributed by atoms with Crippen LogP contribution in [0.3, 0.4) is 0 Å². The van der Waals surface area contributed by atoms with Crippen molar-refractivity contribution >= 4 is 25.5 Å². The zero-order valence-electron chi connectivity index (χ0n) is 35.3. The molecule has 0 unspecified atom stereocenters. The monoisotopic (exact) mass is 817 g/mol. The molecule has 1 saturated carbocycles. The van der Waals surface area contributed by atoms with Gasteiger partial charge < -0.3 is 29.5 Å². The lowest BCUT2D eigenvalue weighted by Gasteiger charge is -2.19. The average molecular weight is 817 g/mol. The molecule has 328 valence electrons. The van der Waals surface area contributed by atoms with Crippen LogP contribution in [-0.4, -0.2) is 69.2 Å². The van der Waals surface area contributed by atoms with E-state index in [9.17, 15) is 29.2 Å². The average Bonchev–Trinajstić information content (AvgIpc) is 3.42. The van der Waals surface area contributed by atoms with Gasteiger partial charge in [0.1, 0.15) is 12.4 Å². The fourth-order valence-electron chi connectivity index (χ4n) is 7.51. The van der Waals surface area contributed by atoms with Crippen LogP contribution < -0.4 is 0 Å². The third-order valence-corrected chi connectivity index (χ3v) is 11.4. The number of allylic oxidation sites excluding steroid dienone is 1. The van der Waals surface area contributed by atoms with Gasteiger partial charge in [-0.05, 0) is 31.6 Å². The molecule has 0 aromatic rings. The molecule has 56 heavy (non-hydrogen) atoms. The number of carbonyl (C=O) groups excluding carboxylic acids is 3. The Labute approximate surface area is 339 Å². The Bertz CT molecular complexity index is 1080. The molecular weight excluding hydrogens is 735 g/mol. The Morgan fingerprint density at radius 1 is 0.696 bits per heavy atom. The van der Waals surface area contributed by atoms with Crippen LogP contribution in [0, 0.1) is 11.8 Å². The van der Waals surface area contributed by atoms with E-state index in [1.807, 2.05) is 0 Å². The summed E-state index contributed by atoms with van der Waals surface area (Å²) < 4.78 is 26.4. The van der Waals surface area contributed by atoms with Gasteiger partial charge in [-0.15, -0.1) is 0 Å². The number of phosphoric ester groups is 1. The highest BCUT2D eigenvalue weighted by molar-refractivity contribution is 7.46. The number of carbonyl (C=O) groups is 3. The number of ketones is 1. The van der Waals surface area contributed by atoms with Crippen LogP contribution >= 0.6 is 7.82 Å². The zero-order valence-corrected chi connectivity index (χ0v) is 36.2. The summed E-state index contributed by atoms with van der Waals surface area (Å²) in [6, 6.07) is 0. The van der Waals surface area contributed by atoms with Gasteiger partial charge in [-0.1, -0.05) is 174 Å². The molecule has 5 atom stereocenters. The molecule has 0 aliphatic heterocycles. The number of hydrogen-bond donors (Lipinski definition) is 4. The molecule has 12 heteroatoms. The van der Waals surface area contributed by atoms with E-state index in [0.717, 1.165) is 51.4 Å². The van der Waals surface area contributed by atoms with E-state index >= 15 is 0 Å². The number of aliphatic hydroxyl groups excluding tert-OH is 2. The molecule has 4 N–H and O–H groups in total. The number of aliphatic hydroxyl groups is 2. The van der Waals surface area contributed by atoms with Gasteiger partial charge in [0.05, 0.1) is 18.8 Å². The minimum atomic E-state index is -4.82. The van der Waals surface area contributed by atoms with Crippen molar-refractivity contribution in [3.05, 3.63) is 12.2 Å². The number of hydrogen-bond acceptors (Lipinski definition) is 9. The van der Waals surface area contributed by atoms with E-state index < -0.39 is 50.6 Å². The summed E-state index contributed by atoms with van der Waals surface area (Å²) in [5, 5.41) is 20.7. The Balaban J connectivity index is 2.20. The summed E-state index contributed by atoms with van der Waals surface area (Å²) in [7, 11) is -4.82. The summed E-state index contributed by atoms with van der Waals surface area (Å²) >= 11 is 0. The maximum Gasteiger partial charge on any atom is 0.469 e. The van der Waals surface area contributed by atoms with E-state index in [1.165, 1.54) is 89.9 Å². The van der Waals surface area contributed by atoms with Gasteiger partial charge >= 0.3 is 19.8 Å². The molecule has 0 aromatic carbocycles. The van der Waals surface area contributed by atoms with Crippen LogP contribution in [0.15, 0.2) is 12.2 Å². The van der Waals surface area contributed by atoms with Crippen LogP contribution in [0.2, 0.25) is 0 Å². The number of unbranched alkanes of at least 4 members (excludes halogenated alkanes) is 22. The maximum absolute atomic E-state index is 12.5. The fraction of sp³-hybridized carbons (Fsp3) is 0.886. The van der Waals surface area contributed by atoms with Crippen LogP contribution in [0.1, 0.15) is 206 Å². The van der Waals surface area contributed by atoms with Gasteiger partial charge in [-0.3, -0.25) is 18.9 Å². The third-order valence-electron chi connectivity index (χ3n) is 10.9. The van der Waals surface area contributed by atoms with Crippen molar-refractivity contribution in [2.45, 2.75) is 225 Å². The van der Waals surface area contributed by atoms with E-state index in [4.69, 9.17) is 19.3 Å². The lowest BCUT2D eigenvalue weighted by molar-refractivity contribution is -0.161. The van der Waals surface area contributed by atoms with Crippen LogP contribution in [0.5, 0.6) is 0 Å². The highest BCUT2D eigenvalue weighted by Gasteiger charge is 2.39. The normalized spacial score (nSPS) is 18.5. The number of rotatable bonds is 38. The highest BCUT2D eigenvalue weighted by atomic mass is 31.2. The lowest BCUT2D eigenvalue weighted by atomic mass is 9.88. The standard InChI is InChI=1S/C44H81O11P/c1-3-5-7-8-9-10-11-12-13-14-15-16-17-18-19-20-21-26-30-43(48)53-35-38(36-54-56(50,51)52)55-44(49)31-27-23-22-25-29-39-40(42(47)34-41(39)46)33-32-37(45)28-24-6-4-2/h32-33,37-41,45-46H,3-31,34-36H2,1-2H3,(H2,50,51,52)/b33-32+/t37-,38+,39+,40+,41-/m0/s1. The second-order valence-electron chi connectivity index (χ2n) is 16.2. The van der Waals surface area contributed by atoms with Crippen LogP contribution in [0.25, 0.3) is 0 Å². The molecule has 0 saturated heterocycles. The fourth-order valence-corrected chi connectivity index (χ4v) is 7.87. The third kappa shape index (κ3) is 29.6. The molecule has 0 amide bonds. The number of phosphoric acid groups is 1. The molecule has 1 aliphatic carbocycles. The minimum absolute atomic E-state index is 0.00389. The molecule has 0 radical (unpaired) electrons. The summed E-state index contributed by atoms with van der Waals surface area (Å²) in [4.78, 5) is 55.6. The molecule has 0 heterocycles. The first kappa shape index (κ1) is 52.4. The van der Waals surface area contributed by atoms with Gasteiger partial charge in [-0.25, -0.2) is 4.57 Å². The topological polar surface area (TPSA) is 177 Å². The Morgan fingerprint density at radius 2 is 1.16 bits per heavy atom. The summed E-state index contributed by atoms with van der Waals surface area (Å²) in [6.07, 6.45) is 31.2. The van der Waals surface area contributed by atoms with Gasteiger partial charge in [0.25, 0.3) is 0 Å². The van der Waals surface area contributed by atoms with E-state index in [2.05, 4.69) is 18.4 Å². The maximum atomic E-state index is 12.5. The van der Waals surface area contributed by atoms with Crippen molar-refractivity contribution in [2.75, 3.05) is 13.2 Å². The van der Waals surface area contributed by atoms with Crippen molar-refractivity contribution in [3.8, 4) is 0 Å². The SMILES string of the molecule is CCCCCCCCCCCCCCCCCCCCC(=O)OC[C@H](COP(=O)(O)O)OC(=O)CCCCCC[C@H]1[C@@H](O)CC(=O)[C@@H]1/C=C/[C@@H](O)CCCCC. The first-order valence-electron chi connectivity index (χ1n) is 22.6. The molecular formula is C44H81O11P. The quantitative estimate of drug-likeness (QED) is 0.0202. The Hall–Kier alpha value is -1.62. The smallest absolute Gasteiger partial charge is 0.462 e. The molecule has 0 bridgehead atoms. The lowest BCUT2D eigenvalue weighted by Crippen LogP contribution is -2.29. The first-order valence-corrected chi connectivity index (χ1v) is 24.1. The van der Waals surface area contributed by atoms with E-state index in [0.29, 0.717) is 32.1 Å². The van der Waals surface area contributed by atoms with Gasteiger partial charge in [0.2, 0.25) is 0 Å². The van der Waals surface area contributed by atoms with Crippen molar-refractivity contribution in [1.29, 1.82) is 0 Å². The van der Waals surface area contributed by atoms with Crippen molar-refractivity contribution in [1.82, 2.24) is 0 Å². The number of Topliss-reactive ketones (excluding diaryl/α,β-unsaturated/α-hetero) is 1. The second kappa shape index (κ2) is 34.3. The van der Waals surface area contributed by atoms with Crippen LogP contribution in [-0.2, 0) is 32.9 Å². The predicted molar refractivity (Wildman–Crippen MR) is 222 cm³/mol. The number of esters is 2. The second-order valence-corrected chi connectivity index (χ2v) is 17.4. The molecule has 1 rings (SSSR count). The van der Waals surface area contributed by atoms with E-state index in [1.54, 1.807) is 12.2 Å². The Kier molecular flexibility index (Phi) is 32.1. The minimum Gasteiger partial charge on any atom is -0.462 e. The molecule has 0 aromatic heterocycles. The first-order chi connectivity index (χ1) is 27.0. The Morgan fingerprint density at radius 3 is 1.68 bits per heavy atom. The van der Waals surface area contributed by atoms with Gasteiger partial charge in [0.15, 0.2) is 6.10 Å². The van der Waals surface area contributed by atoms with Crippen molar-refractivity contribution in [2.24, 2.45) is 11.8 Å². The summed E-state index contributed by atoms with van der Waals surface area (Å²) in [5.74, 6) is -1.62.